The van der Waals surface area contributed by atoms with Crippen molar-refractivity contribution < 1.29 is 0 Å². The van der Waals surface area contributed by atoms with Gasteiger partial charge in [-0.25, -0.2) is 0 Å². The second kappa shape index (κ2) is 9.29. The van der Waals surface area contributed by atoms with Gasteiger partial charge in [-0.2, -0.15) is 11.8 Å². The van der Waals surface area contributed by atoms with Gasteiger partial charge in [0.25, 0.3) is 0 Å². The molecule has 0 unspecified atom stereocenters. The van der Waals surface area contributed by atoms with Crippen molar-refractivity contribution in [3.05, 3.63) is 12.7 Å². The van der Waals surface area contributed by atoms with E-state index in [0.29, 0.717) is 0 Å². The van der Waals surface area contributed by atoms with E-state index in [9.17, 15) is 0 Å². The lowest BCUT2D eigenvalue weighted by atomic mass is 9.97. The van der Waals surface area contributed by atoms with Crippen LogP contribution in [0, 0.1) is 0 Å². The van der Waals surface area contributed by atoms with E-state index in [-0.39, 0.29) is 0 Å². The normalized spacial score (nSPS) is 19.5. The predicted molar refractivity (Wildman–Crippen MR) is 71.6 cm³/mol. The first-order chi connectivity index (χ1) is 7.43. The van der Waals surface area contributed by atoms with E-state index in [1.807, 2.05) is 17.8 Å². The topological polar surface area (TPSA) is 12.0 Å². The van der Waals surface area contributed by atoms with Gasteiger partial charge in [-0.05, 0) is 12.8 Å². The third-order valence-corrected chi connectivity index (χ3v) is 3.98. The summed E-state index contributed by atoms with van der Waals surface area (Å²) in [6, 6.07) is 0.801. The van der Waals surface area contributed by atoms with Crippen LogP contribution in [0.1, 0.15) is 44.9 Å². The van der Waals surface area contributed by atoms with Crippen molar-refractivity contribution in [2.45, 2.75) is 51.0 Å². The van der Waals surface area contributed by atoms with Gasteiger partial charge in [-0.1, -0.05) is 38.2 Å². The molecule has 0 aliphatic heterocycles. The van der Waals surface area contributed by atoms with Crippen molar-refractivity contribution in [3.63, 3.8) is 0 Å². The third kappa shape index (κ3) is 7.02. The quantitative estimate of drug-likeness (QED) is 0.549. The monoisotopic (exact) mass is 227 g/mol. The highest BCUT2D eigenvalue weighted by Crippen LogP contribution is 2.16. The highest BCUT2D eigenvalue weighted by molar-refractivity contribution is 7.99. The molecule has 15 heavy (non-hydrogen) atoms. The van der Waals surface area contributed by atoms with Gasteiger partial charge in [0.1, 0.15) is 0 Å². The summed E-state index contributed by atoms with van der Waals surface area (Å²) in [4.78, 5) is 0. The number of nitrogens with one attached hydrogen (secondary N) is 1. The molecular weight excluding hydrogens is 202 g/mol. The highest BCUT2D eigenvalue weighted by atomic mass is 32.2. The lowest BCUT2D eigenvalue weighted by Gasteiger charge is -2.20. The molecule has 2 heteroatoms. The fourth-order valence-corrected chi connectivity index (χ4v) is 2.76. The second-order valence-corrected chi connectivity index (χ2v) is 5.51. The Hall–Kier alpha value is 0.0500. The molecule has 0 amide bonds. The number of hydrogen-bond donors (Lipinski definition) is 1. The summed E-state index contributed by atoms with van der Waals surface area (Å²) in [6.45, 7) is 4.90. The molecule has 1 nitrogen and oxygen atoms in total. The standard InChI is InChI=1S/C13H25NS/c1-2-11-15-12-10-14-13-8-6-4-3-5-7-9-13/h2,13-14H,1,3-12H2. The maximum Gasteiger partial charge on any atom is 0.0111 e. The van der Waals surface area contributed by atoms with Crippen molar-refractivity contribution in [1.82, 2.24) is 5.32 Å². The molecule has 88 valence electrons. The molecule has 0 aromatic carbocycles. The molecule has 1 saturated carbocycles. The highest BCUT2D eigenvalue weighted by Gasteiger charge is 2.09. The summed E-state index contributed by atoms with van der Waals surface area (Å²) in [5.41, 5.74) is 0. The Bertz CT molecular complexity index is 151. The van der Waals surface area contributed by atoms with Crippen molar-refractivity contribution in [1.29, 1.82) is 0 Å². The van der Waals surface area contributed by atoms with Crippen LogP contribution < -0.4 is 5.32 Å². The van der Waals surface area contributed by atoms with Crippen molar-refractivity contribution >= 4 is 11.8 Å². The minimum atomic E-state index is 0.801. The molecule has 0 radical (unpaired) electrons. The molecule has 0 saturated heterocycles. The van der Waals surface area contributed by atoms with Gasteiger partial charge >= 0.3 is 0 Å². The Balaban J connectivity index is 1.99. The average Bonchev–Trinajstić information content (AvgIpc) is 2.20. The average molecular weight is 227 g/mol. The third-order valence-electron chi connectivity index (χ3n) is 3.02. The van der Waals surface area contributed by atoms with Gasteiger partial charge in [0.15, 0.2) is 0 Å². The first-order valence-electron chi connectivity index (χ1n) is 6.35. The van der Waals surface area contributed by atoms with Crippen LogP contribution in [0.5, 0.6) is 0 Å². The van der Waals surface area contributed by atoms with E-state index in [0.717, 1.165) is 11.8 Å². The van der Waals surface area contributed by atoms with Crippen LogP contribution in [-0.2, 0) is 0 Å². The molecule has 0 aromatic heterocycles. The Morgan fingerprint density at radius 1 is 1.13 bits per heavy atom. The summed E-state index contributed by atoms with van der Waals surface area (Å²) in [6.07, 6.45) is 12.0. The number of hydrogen-bond acceptors (Lipinski definition) is 2. The van der Waals surface area contributed by atoms with Crippen LogP contribution in [-0.4, -0.2) is 24.1 Å². The minimum absolute atomic E-state index is 0.801. The van der Waals surface area contributed by atoms with Crippen LogP contribution in [0.15, 0.2) is 12.7 Å². The Morgan fingerprint density at radius 3 is 2.47 bits per heavy atom. The summed E-state index contributed by atoms with van der Waals surface area (Å²) in [5, 5.41) is 3.69. The van der Waals surface area contributed by atoms with Crippen LogP contribution in [0.3, 0.4) is 0 Å². The molecule has 0 bridgehead atoms. The summed E-state index contributed by atoms with van der Waals surface area (Å²) in [7, 11) is 0. The lowest BCUT2D eigenvalue weighted by Crippen LogP contribution is -2.31. The van der Waals surface area contributed by atoms with E-state index in [2.05, 4.69) is 11.9 Å². The van der Waals surface area contributed by atoms with Crippen molar-refractivity contribution in [2.75, 3.05) is 18.1 Å². The zero-order chi connectivity index (χ0) is 10.8. The molecule has 0 heterocycles. The largest absolute Gasteiger partial charge is 0.313 e. The van der Waals surface area contributed by atoms with Gasteiger partial charge < -0.3 is 5.32 Å². The van der Waals surface area contributed by atoms with Crippen LogP contribution in [0.4, 0.5) is 0 Å². The van der Waals surface area contributed by atoms with Crippen LogP contribution >= 0.6 is 11.8 Å². The summed E-state index contributed by atoms with van der Waals surface area (Å²) < 4.78 is 0. The molecule has 1 N–H and O–H groups in total. The molecule has 1 rings (SSSR count). The predicted octanol–water partition coefficient (Wildman–Crippen LogP) is 3.61. The first-order valence-corrected chi connectivity index (χ1v) is 7.51. The van der Waals surface area contributed by atoms with Crippen molar-refractivity contribution in [2.24, 2.45) is 0 Å². The zero-order valence-electron chi connectivity index (χ0n) is 9.84. The number of rotatable bonds is 6. The van der Waals surface area contributed by atoms with Gasteiger partial charge in [-0.3, -0.25) is 0 Å². The van der Waals surface area contributed by atoms with Crippen LogP contribution in [0.25, 0.3) is 0 Å². The molecule has 0 aromatic rings. The van der Waals surface area contributed by atoms with Gasteiger partial charge in [0.2, 0.25) is 0 Å². The van der Waals surface area contributed by atoms with E-state index in [1.54, 1.807) is 0 Å². The van der Waals surface area contributed by atoms with E-state index in [1.165, 1.54) is 57.2 Å². The van der Waals surface area contributed by atoms with Gasteiger partial charge in [-0.15, -0.1) is 6.58 Å². The van der Waals surface area contributed by atoms with Gasteiger partial charge in [0.05, 0.1) is 0 Å². The fraction of sp³-hybridized carbons (Fsp3) is 0.846. The SMILES string of the molecule is C=CCSCCNC1CCCCCCC1. The summed E-state index contributed by atoms with van der Waals surface area (Å²) >= 11 is 1.97. The Labute approximate surface area is 99.1 Å². The van der Waals surface area contributed by atoms with Crippen LogP contribution in [0.2, 0.25) is 0 Å². The maximum absolute atomic E-state index is 3.73. The second-order valence-electron chi connectivity index (χ2n) is 4.36. The number of thioether (sulfide) groups is 1. The first kappa shape index (κ1) is 13.1. The van der Waals surface area contributed by atoms with E-state index < -0.39 is 0 Å². The zero-order valence-corrected chi connectivity index (χ0v) is 10.7. The smallest absolute Gasteiger partial charge is 0.0111 e. The maximum atomic E-state index is 3.73. The minimum Gasteiger partial charge on any atom is -0.313 e. The molecule has 0 atom stereocenters. The molecule has 1 aliphatic rings. The molecule has 1 fully saturated rings. The van der Waals surface area contributed by atoms with Gasteiger partial charge in [0, 0.05) is 24.1 Å². The fourth-order valence-electron chi connectivity index (χ4n) is 2.16. The van der Waals surface area contributed by atoms with E-state index >= 15 is 0 Å². The van der Waals surface area contributed by atoms with E-state index in [4.69, 9.17) is 0 Å². The molecule has 0 spiro atoms. The molecular formula is C13H25NS. The lowest BCUT2D eigenvalue weighted by molar-refractivity contribution is 0.397. The Morgan fingerprint density at radius 2 is 1.80 bits per heavy atom. The summed E-state index contributed by atoms with van der Waals surface area (Å²) in [5.74, 6) is 2.31. The van der Waals surface area contributed by atoms with Crippen molar-refractivity contribution in [3.8, 4) is 0 Å². The Kier molecular flexibility index (Phi) is 8.12. The molecule has 1 aliphatic carbocycles.